The van der Waals surface area contributed by atoms with Gasteiger partial charge in [-0.3, -0.25) is 19.6 Å². The van der Waals surface area contributed by atoms with Crippen LogP contribution in [0, 0.1) is 10.8 Å². The highest BCUT2D eigenvalue weighted by Gasteiger charge is 2.32. The molecule has 32 heavy (non-hydrogen) atoms. The van der Waals surface area contributed by atoms with E-state index in [1.165, 1.54) is 0 Å². The van der Waals surface area contributed by atoms with Crippen LogP contribution in [0.3, 0.4) is 0 Å². The summed E-state index contributed by atoms with van der Waals surface area (Å²) in [5.41, 5.74) is 4.50. The monoisotopic (exact) mass is 429 g/mol. The van der Waals surface area contributed by atoms with Crippen molar-refractivity contribution in [3.8, 4) is 11.3 Å². The minimum absolute atomic E-state index is 0.00414. The molecule has 4 rings (SSSR count). The second kappa shape index (κ2) is 9.49. The summed E-state index contributed by atoms with van der Waals surface area (Å²) in [7, 11) is 0. The van der Waals surface area contributed by atoms with Gasteiger partial charge in [0.15, 0.2) is 5.78 Å². The van der Waals surface area contributed by atoms with E-state index >= 15 is 0 Å². The Kier molecular flexibility index (Phi) is 6.32. The first-order chi connectivity index (χ1) is 15.6. The van der Waals surface area contributed by atoms with E-state index in [0.29, 0.717) is 30.5 Å². The molecular weight excluding hydrogens is 406 g/mol. The van der Waals surface area contributed by atoms with Crippen LogP contribution in [0.4, 0.5) is 11.4 Å². The summed E-state index contributed by atoms with van der Waals surface area (Å²) >= 11 is 0. The molecule has 1 aliphatic carbocycles. The number of ketones is 1. The number of hydrogen-bond donors (Lipinski definition) is 2. The van der Waals surface area contributed by atoms with Gasteiger partial charge in [0.05, 0.1) is 22.6 Å². The number of amides is 1. The molecule has 3 N–H and O–H groups in total. The van der Waals surface area contributed by atoms with Crippen LogP contribution in [0.15, 0.2) is 72.2 Å². The molecule has 2 heterocycles. The maximum Gasteiger partial charge on any atom is 0.286 e. The second-order valence-electron chi connectivity index (χ2n) is 7.69. The van der Waals surface area contributed by atoms with E-state index in [1.807, 2.05) is 54.6 Å². The van der Waals surface area contributed by atoms with Crippen LogP contribution in [0.5, 0.6) is 0 Å². The molecule has 8 nitrogen and oxygen atoms in total. The first kappa shape index (κ1) is 21.3. The molecule has 0 saturated carbocycles. The number of aromatic nitrogens is 2. The fraction of sp³-hybridized carbons (Fsp3) is 0.208. The third kappa shape index (κ3) is 4.40. The van der Waals surface area contributed by atoms with Gasteiger partial charge in [-0.15, -0.1) is 4.91 Å². The summed E-state index contributed by atoms with van der Waals surface area (Å²) in [6, 6.07) is 13.2. The van der Waals surface area contributed by atoms with Crippen molar-refractivity contribution in [2.45, 2.75) is 25.7 Å². The van der Waals surface area contributed by atoms with Gasteiger partial charge in [0.1, 0.15) is 0 Å². The van der Waals surface area contributed by atoms with Gasteiger partial charge in [-0.1, -0.05) is 30.4 Å². The predicted octanol–water partition coefficient (Wildman–Crippen LogP) is 4.46. The highest BCUT2D eigenvalue weighted by Crippen LogP contribution is 2.42. The number of nitroso groups, excluding NO2 is 1. The van der Waals surface area contributed by atoms with Crippen molar-refractivity contribution in [2.75, 3.05) is 5.01 Å². The Hall–Kier alpha value is -3.91. The lowest BCUT2D eigenvalue weighted by atomic mass is 9.85. The maximum absolute atomic E-state index is 13.2. The highest BCUT2D eigenvalue weighted by molar-refractivity contribution is 6.07. The number of benzene rings is 1. The molecule has 8 heteroatoms. The number of pyridine rings is 1. The van der Waals surface area contributed by atoms with E-state index in [1.54, 1.807) is 17.4 Å². The number of anilines is 2. The van der Waals surface area contributed by atoms with E-state index < -0.39 is 5.91 Å². The van der Waals surface area contributed by atoms with Crippen LogP contribution in [0.2, 0.25) is 0 Å². The standard InChI is InChI=1S/C24H23N5O3/c25-29(18-7-2-1-3-8-18)24-22-19(27-23(24)17-10-12-26-13-11-17)14-16(15-20(22)30)6-4-5-9-21(31)28-32/h1-4,6-8,10-13,16,27H,5,9,14-15,25H2. The molecular formula is C24H23N5O3. The summed E-state index contributed by atoms with van der Waals surface area (Å²) < 4.78 is 0. The fourth-order valence-electron chi connectivity index (χ4n) is 4.03. The Labute approximate surface area is 185 Å². The number of Topliss-reactive ketones (excluding diaryl/α,β-unsaturated/α-hetero) is 1. The normalized spacial score (nSPS) is 15.5. The number of carbonyl (C=O) groups is 2. The van der Waals surface area contributed by atoms with Gasteiger partial charge in [0.25, 0.3) is 5.91 Å². The van der Waals surface area contributed by atoms with Crippen LogP contribution >= 0.6 is 0 Å². The predicted molar refractivity (Wildman–Crippen MR) is 122 cm³/mol. The average molecular weight is 429 g/mol. The number of nitrogens with one attached hydrogen (secondary N) is 1. The molecule has 0 fully saturated rings. The van der Waals surface area contributed by atoms with Crippen molar-refractivity contribution < 1.29 is 9.59 Å². The third-order valence-electron chi connectivity index (χ3n) is 5.52. The molecule has 1 amide bonds. The number of nitrogens with two attached hydrogens (primary N) is 1. The fourth-order valence-corrected chi connectivity index (χ4v) is 4.03. The van der Waals surface area contributed by atoms with Crippen LogP contribution in [-0.4, -0.2) is 21.7 Å². The Balaban J connectivity index is 1.69. The molecule has 1 aliphatic rings. The zero-order valence-electron chi connectivity index (χ0n) is 17.4. The minimum atomic E-state index is -0.670. The Bertz CT molecular complexity index is 1160. The molecule has 0 bridgehead atoms. The second-order valence-corrected chi connectivity index (χ2v) is 7.69. The molecule has 0 radical (unpaired) electrons. The number of H-pyrrole nitrogens is 1. The van der Waals surface area contributed by atoms with Gasteiger partial charge in [0, 0.05) is 41.7 Å². The molecule has 1 aromatic carbocycles. The van der Waals surface area contributed by atoms with Gasteiger partial charge < -0.3 is 4.98 Å². The first-order valence-corrected chi connectivity index (χ1v) is 10.4. The molecule has 1 unspecified atom stereocenters. The lowest BCUT2D eigenvalue weighted by molar-refractivity contribution is -0.117. The molecule has 162 valence electrons. The zero-order valence-corrected chi connectivity index (χ0v) is 17.4. The number of carbonyl (C=O) groups excluding carboxylic acids is 2. The van der Waals surface area contributed by atoms with Gasteiger partial charge in [0.2, 0.25) is 0 Å². The molecule has 1 atom stereocenters. The molecule has 3 aromatic rings. The lowest BCUT2D eigenvalue weighted by Gasteiger charge is -2.24. The van der Waals surface area contributed by atoms with Crippen molar-refractivity contribution in [2.24, 2.45) is 16.9 Å². The first-order valence-electron chi connectivity index (χ1n) is 10.4. The Morgan fingerprint density at radius 3 is 2.66 bits per heavy atom. The van der Waals surface area contributed by atoms with Gasteiger partial charge in [-0.05, 0) is 43.0 Å². The van der Waals surface area contributed by atoms with Crippen molar-refractivity contribution in [3.05, 3.63) is 83.2 Å². The van der Waals surface area contributed by atoms with E-state index in [4.69, 9.17) is 5.84 Å². The van der Waals surface area contributed by atoms with Crippen LogP contribution in [0.25, 0.3) is 11.3 Å². The number of rotatable bonds is 7. The zero-order chi connectivity index (χ0) is 22.5. The van der Waals surface area contributed by atoms with E-state index in [9.17, 15) is 14.5 Å². The van der Waals surface area contributed by atoms with Crippen LogP contribution < -0.4 is 10.9 Å². The summed E-state index contributed by atoms with van der Waals surface area (Å²) in [5.74, 6) is 5.85. The van der Waals surface area contributed by atoms with Crippen molar-refractivity contribution in [1.29, 1.82) is 0 Å². The van der Waals surface area contributed by atoms with Crippen molar-refractivity contribution >= 4 is 23.1 Å². The minimum Gasteiger partial charge on any atom is -0.356 e. The summed E-state index contributed by atoms with van der Waals surface area (Å²) in [6.45, 7) is 0. The smallest absolute Gasteiger partial charge is 0.286 e. The summed E-state index contributed by atoms with van der Waals surface area (Å²) in [5, 5.41) is 3.95. The molecule has 0 saturated heterocycles. The topological polar surface area (TPSA) is 122 Å². The van der Waals surface area contributed by atoms with Crippen molar-refractivity contribution in [1.82, 2.24) is 9.97 Å². The Morgan fingerprint density at radius 2 is 1.94 bits per heavy atom. The van der Waals surface area contributed by atoms with Crippen LogP contribution in [0.1, 0.15) is 35.3 Å². The maximum atomic E-state index is 13.2. The number of allylic oxidation sites excluding steroid dienone is 2. The average Bonchev–Trinajstić information content (AvgIpc) is 3.22. The summed E-state index contributed by atoms with van der Waals surface area (Å²) in [6.07, 6.45) is 8.64. The number of aromatic amines is 1. The Morgan fingerprint density at radius 1 is 1.19 bits per heavy atom. The molecule has 2 aromatic heterocycles. The van der Waals surface area contributed by atoms with E-state index in [0.717, 1.165) is 22.6 Å². The van der Waals surface area contributed by atoms with Crippen molar-refractivity contribution in [3.63, 3.8) is 0 Å². The number of hydrazine groups is 1. The number of nitrogens with zero attached hydrogens (tertiary/aromatic N) is 3. The number of hydrogen-bond acceptors (Lipinski definition) is 6. The largest absolute Gasteiger partial charge is 0.356 e. The van der Waals surface area contributed by atoms with E-state index in [2.05, 4.69) is 15.1 Å². The summed E-state index contributed by atoms with van der Waals surface area (Å²) in [4.78, 5) is 42.0. The number of para-hydroxylation sites is 1. The van der Waals surface area contributed by atoms with Gasteiger partial charge >= 0.3 is 0 Å². The third-order valence-corrected chi connectivity index (χ3v) is 5.52. The number of fused-ring (bicyclic) bond motifs is 1. The van der Waals surface area contributed by atoms with E-state index in [-0.39, 0.29) is 18.1 Å². The highest BCUT2D eigenvalue weighted by atomic mass is 16.3. The van der Waals surface area contributed by atoms with Gasteiger partial charge in [-0.2, -0.15) is 0 Å². The van der Waals surface area contributed by atoms with Crippen LogP contribution in [-0.2, 0) is 11.2 Å². The SMILES string of the molecule is NN(c1ccccc1)c1c(-c2ccncc2)[nH]c2c1C(=O)CC(C=CCCC(=O)N=O)C2. The quantitative estimate of drug-likeness (QED) is 0.247. The molecule has 0 spiro atoms. The lowest BCUT2D eigenvalue weighted by Crippen LogP contribution is -2.28. The molecule has 0 aliphatic heterocycles. The van der Waals surface area contributed by atoms with Gasteiger partial charge in [-0.25, -0.2) is 5.84 Å².